The summed E-state index contributed by atoms with van der Waals surface area (Å²) in [6.45, 7) is 11.2. The number of ether oxygens (including phenoxy) is 1. The maximum Gasteiger partial charge on any atom is 0.191 e. The molecule has 0 amide bonds. The number of nitrogens with one attached hydrogen (secondary N) is 2. The van der Waals surface area contributed by atoms with Crippen LogP contribution in [0.3, 0.4) is 0 Å². The van der Waals surface area contributed by atoms with Crippen molar-refractivity contribution in [1.29, 1.82) is 0 Å². The lowest BCUT2D eigenvalue weighted by molar-refractivity contribution is 0.141. The van der Waals surface area contributed by atoms with E-state index in [1.54, 1.807) is 7.11 Å². The van der Waals surface area contributed by atoms with Gasteiger partial charge in [-0.15, -0.1) is 24.0 Å². The summed E-state index contributed by atoms with van der Waals surface area (Å²) in [6, 6.07) is 9.57. The Balaban J connectivity index is 0.00000341. The molecule has 0 spiro atoms. The second-order valence-electron chi connectivity index (χ2n) is 8.55. The number of hydrogen-bond donors (Lipinski definition) is 2. The van der Waals surface area contributed by atoms with E-state index in [9.17, 15) is 0 Å². The fourth-order valence-corrected chi connectivity index (χ4v) is 4.48. The number of benzene rings is 1. The van der Waals surface area contributed by atoms with Crippen molar-refractivity contribution in [2.24, 2.45) is 4.99 Å². The highest BCUT2D eigenvalue weighted by Gasteiger charge is 2.23. The van der Waals surface area contributed by atoms with Crippen molar-refractivity contribution in [2.45, 2.75) is 58.2 Å². The molecule has 0 aliphatic carbocycles. The number of methoxy groups -OCH3 is 1. The van der Waals surface area contributed by atoms with Gasteiger partial charge in [-0.2, -0.15) is 0 Å². The largest absolute Gasteiger partial charge is 0.383 e. The van der Waals surface area contributed by atoms with E-state index in [1.165, 1.54) is 62.9 Å². The Morgan fingerprint density at radius 3 is 2.48 bits per heavy atom. The molecule has 176 valence electrons. The molecule has 0 aromatic heterocycles. The first-order valence-electron chi connectivity index (χ1n) is 11.8. The molecule has 1 atom stereocenters. The Labute approximate surface area is 206 Å². The van der Waals surface area contributed by atoms with Gasteiger partial charge in [0, 0.05) is 39.3 Å². The molecule has 0 saturated carbocycles. The van der Waals surface area contributed by atoms with Crippen LogP contribution in [-0.2, 0) is 17.8 Å². The van der Waals surface area contributed by atoms with Gasteiger partial charge in [0.15, 0.2) is 5.96 Å². The summed E-state index contributed by atoms with van der Waals surface area (Å²) in [4.78, 5) is 9.92. The Kier molecular flexibility index (Phi) is 12.8. The van der Waals surface area contributed by atoms with Gasteiger partial charge in [-0.25, -0.2) is 4.99 Å². The van der Waals surface area contributed by atoms with Crippen LogP contribution in [0.25, 0.3) is 0 Å². The molecule has 2 aliphatic heterocycles. The van der Waals surface area contributed by atoms with E-state index in [1.807, 2.05) is 0 Å². The van der Waals surface area contributed by atoms with E-state index in [0.29, 0.717) is 12.6 Å². The predicted octanol–water partition coefficient (Wildman–Crippen LogP) is 3.46. The SMILES string of the molecule is CCNC(=NCc1ccc(CN2CCCCC2)cc1)NCC1CCCN1CCOC.I. The van der Waals surface area contributed by atoms with Crippen LogP contribution in [0.1, 0.15) is 50.2 Å². The van der Waals surface area contributed by atoms with Crippen LogP contribution in [0.2, 0.25) is 0 Å². The topological polar surface area (TPSA) is 52.1 Å². The van der Waals surface area contributed by atoms with Crippen LogP contribution in [0.15, 0.2) is 29.3 Å². The third kappa shape index (κ3) is 9.24. The summed E-state index contributed by atoms with van der Waals surface area (Å²) in [5.41, 5.74) is 2.67. The van der Waals surface area contributed by atoms with Gasteiger partial charge in [0.2, 0.25) is 0 Å². The molecule has 31 heavy (non-hydrogen) atoms. The summed E-state index contributed by atoms with van der Waals surface area (Å²) in [5.74, 6) is 0.911. The lowest BCUT2D eigenvalue weighted by atomic mass is 10.1. The van der Waals surface area contributed by atoms with Crippen molar-refractivity contribution in [1.82, 2.24) is 20.4 Å². The Bertz CT molecular complexity index is 633. The van der Waals surface area contributed by atoms with Crippen molar-refractivity contribution < 1.29 is 4.74 Å². The van der Waals surface area contributed by atoms with Crippen LogP contribution in [-0.4, -0.2) is 74.8 Å². The van der Waals surface area contributed by atoms with E-state index in [0.717, 1.165) is 38.7 Å². The number of nitrogens with zero attached hydrogens (tertiary/aromatic N) is 3. The molecule has 2 heterocycles. The first-order chi connectivity index (χ1) is 14.8. The molecule has 2 aliphatic rings. The van der Waals surface area contributed by atoms with Gasteiger partial charge in [-0.05, 0) is 63.4 Å². The van der Waals surface area contributed by atoms with E-state index in [4.69, 9.17) is 9.73 Å². The number of halogens is 1. The van der Waals surface area contributed by atoms with Crippen LogP contribution in [0, 0.1) is 0 Å². The number of piperidine rings is 1. The van der Waals surface area contributed by atoms with Crippen LogP contribution in [0.4, 0.5) is 0 Å². The standard InChI is InChI=1S/C24H41N5O.HI/c1-3-25-24(27-19-23-8-7-15-29(23)16-17-30-2)26-18-21-9-11-22(12-10-21)20-28-13-5-4-6-14-28;/h9-12,23H,3-8,13-20H2,1-2H3,(H2,25,26,27);1H. The van der Waals surface area contributed by atoms with Gasteiger partial charge >= 0.3 is 0 Å². The summed E-state index contributed by atoms with van der Waals surface area (Å²) < 4.78 is 5.25. The van der Waals surface area contributed by atoms with Crippen LogP contribution >= 0.6 is 24.0 Å². The molecule has 0 bridgehead atoms. The second kappa shape index (κ2) is 15.0. The number of guanidine groups is 1. The zero-order chi connectivity index (χ0) is 21.0. The second-order valence-corrected chi connectivity index (χ2v) is 8.55. The third-order valence-corrected chi connectivity index (χ3v) is 6.23. The number of aliphatic imine (C=N–C) groups is 1. The minimum absolute atomic E-state index is 0. The Morgan fingerprint density at radius 1 is 1.03 bits per heavy atom. The van der Waals surface area contributed by atoms with Gasteiger partial charge in [-0.3, -0.25) is 9.80 Å². The summed E-state index contributed by atoms with van der Waals surface area (Å²) in [5, 5.41) is 6.94. The maximum atomic E-state index is 5.25. The molecule has 3 rings (SSSR count). The Hall–Kier alpha value is -0.900. The number of rotatable bonds is 10. The molecule has 1 unspecified atom stereocenters. The predicted molar refractivity (Wildman–Crippen MR) is 140 cm³/mol. The molecule has 1 aromatic rings. The number of hydrogen-bond acceptors (Lipinski definition) is 4. The van der Waals surface area contributed by atoms with Gasteiger partial charge in [0.25, 0.3) is 0 Å². The van der Waals surface area contributed by atoms with Crippen molar-refractivity contribution in [3.05, 3.63) is 35.4 Å². The van der Waals surface area contributed by atoms with E-state index in [2.05, 4.69) is 51.6 Å². The quantitative estimate of drug-likeness (QED) is 0.269. The molecule has 1 aromatic carbocycles. The van der Waals surface area contributed by atoms with Crippen molar-refractivity contribution in [3.63, 3.8) is 0 Å². The highest BCUT2D eigenvalue weighted by Crippen LogP contribution is 2.16. The highest BCUT2D eigenvalue weighted by molar-refractivity contribution is 14.0. The summed E-state index contributed by atoms with van der Waals surface area (Å²) in [6.07, 6.45) is 6.60. The lowest BCUT2D eigenvalue weighted by Gasteiger charge is -2.26. The van der Waals surface area contributed by atoms with Crippen LogP contribution < -0.4 is 10.6 Å². The number of likely N-dealkylation sites (tertiary alicyclic amines) is 2. The average Bonchev–Trinajstić information content (AvgIpc) is 3.23. The summed E-state index contributed by atoms with van der Waals surface area (Å²) in [7, 11) is 1.78. The zero-order valence-electron chi connectivity index (χ0n) is 19.4. The first-order valence-corrected chi connectivity index (χ1v) is 11.8. The highest BCUT2D eigenvalue weighted by atomic mass is 127. The van der Waals surface area contributed by atoms with Gasteiger partial charge in [0.1, 0.15) is 0 Å². The first kappa shape index (κ1) is 26.4. The lowest BCUT2D eigenvalue weighted by Crippen LogP contribution is -2.45. The fraction of sp³-hybridized carbons (Fsp3) is 0.708. The van der Waals surface area contributed by atoms with Crippen molar-refractivity contribution >= 4 is 29.9 Å². The molecular formula is C24H42IN5O. The minimum Gasteiger partial charge on any atom is -0.383 e. The monoisotopic (exact) mass is 543 g/mol. The fourth-order valence-electron chi connectivity index (χ4n) is 4.48. The van der Waals surface area contributed by atoms with Gasteiger partial charge in [-0.1, -0.05) is 30.7 Å². The normalized spacial score (nSPS) is 20.5. The maximum absolute atomic E-state index is 5.25. The summed E-state index contributed by atoms with van der Waals surface area (Å²) >= 11 is 0. The molecule has 7 heteroatoms. The van der Waals surface area contributed by atoms with E-state index >= 15 is 0 Å². The smallest absolute Gasteiger partial charge is 0.191 e. The molecule has 2 fully saturated rings. The molecule has 0 radical (unpaired) electrons. The molecular weight excluding hydrogens is 501 g/mol. The van der Waals surface area contributed by atoms with E-state index < -0.39 is 0 Å². The molecule has 6 nitrogen and oxygen atoms in total. The molecule has 2 saturated heterocycles. The average molecular weight is 544 g/mol. The van der Waals surface area contributed by atoms with Crippen LogP contribution in [0.5, 0.6) is 0 Å². The van der Waals surface area contributed by atoms with Gasteiger partial charge < -0.3 is 15.4 Å². The third-order valence-electron chi connectivity index (χ3n) is 6.23. The zero-order valence-corrected chi connectivity index (χ0v) is 21.8. The van der Waals surface area contributed by atoms with Gasteiger partial charge in [0.05, 0.1) is 13.2 Å². The van der Waals surface area contributed by atoms with Crippen molar-refractivity contribution in [3.8, 4) is 0 Å². The van der Waals surface area contributed by atoms with E-state index in [-0.39, 0.29) is 24.0 Å². The molecule has 2 N–H and O–H groups in total. The Morgan fingerprint density at radius 2 is 1.77 bits per heavy atom. The van der Waals surface area contributed by atoms with Crippen molar-refractivity contribution in [2.75, 3.05) is 53.0 Å². The minimum atomic E-state index is 0.